The normalized spacial score (nSPS) is 14.6. The van der Waals surface area contributed by atoms with Crippen molar-refractivity contribution in [2.45, 2.75) is 19.9 Å². The molecule has 2 aromatic rings. The molecule has 6 heteroatoms. The van der Waals surface area contributed by atoms with Crippen molar-refractivity contribution >= 4 is 12.0 Å². The molecule has 3 rings (SSSR count). The van der Waals surface area contributed by atoms with Gasteiger partial charge in [0, 0.05) is 38.8 Å². The second-order valence-electron chi connectivity index (χ2n) is 7.54. The molecular weight excluding hydrogens is 392 g/mol. The van der Waals surface area contributed by atoms with E-state index in [-0.39, 0.29) is 5.91 Å². The minimum absolute atomic E-state index is 0.0365. The van der Waals surface area contributed by atoms with Crippen molar-refractivity contribution in [3.8, 4) is 17.2 Å². The number of carbonyl (C=O) groups is 1. The van der Waals surface area contributed by atoms with Crippen molar-refractivity contribution in [3.63, 3.8) is 0 Å². The van der Waals surface area contributed by atoms with Crippen molar-refractivity contribution in [3.05, 3.63) is 59.7 Å². The van der Waals surface area contributed by atoms with Crippen LogP contribution in [0.15, 0.2) is 48.5 Å². The fourth-order valence-corrected chi connectivity index (χ4v) is 3.51. The van der Waals surface area contributed by atoms with Gasteiger partial charge >= 0.3 is 0 Å². The van der Waals surface area contributed by atoms with Crippen molar-refractivity contribution < 1.29 is 19.0 Å². The van der Waals surface area contributed by atoms with Crippen LogP contribution in [0, 0.1) is 0 Å². The van der Waals surface area contributed by atoms with E-state index in [2.05, 4.69) is 24.0 Å². The predicted octanol–water partition coefficient (Wildman–Crippen LogP) is 3.85. The second-order valence-corrected chi connectivity index (χ2v) is 7.54. The van der Waals surface area contributed by atoms with Gasteiger partial charge in [-0.15, -0.1) is 0 Å². The smallest absolute Gasteiger partial charge is 0.246 e. The number of nitrogens with zero attached hydrogens (tertiary/aromatic N) is 2. The van der Waals surface area contributed by atoms with Gasteiger partial charge in [0.05, 0.1) is 20.8 Å². The average Bonchev–Trinajstić information content (AvgIpc) is 2.82. The largest absolute Gasteiger partial charge is 0.497 e. The zero-order chi connectivity index (χ0) is 22.1. The molecule has 0 atom stereocenters. The Bertz CT molecular complexity index is 872. The fourth-order valence-electron chi connectivity index (χ4n) is 3.51. The summed E-state index contributed by atoms with van der Waals surface area (Å²) in [6, 6.07) is 13.9. The molecule has 166 valence electrons. The molecule has 1 saturated heterocycles. The van der Waals surface area contributed by atoms with Gasteiger partial charge in [-0.05, 0) is 47.9 Å². The molecule has 1 aliphatic rings. The topological polar surface area (TPSA) is 51.2 Å². The number of piperazine rings is 1. The Hall–Kier alpha value is -2.99. The zero-order valence-corrected chi connectivity index (χ0v) is 18.7. The summed E-state index contributed by atoms with van der Waals surface area (Å²) in [7, 11) is 3.30. The highest BCUT2D eigenvalue weighted by molar-refractivity contribution is 5.92. The van der Waals surface area contributed by atoms with Crippen LogP contribution in [0.5, 0.6) is 17.2 Å². The van der Waals surface area contributed by atoms with E-state index in [1.807, 2.05) is 41.3 Å². The first-order valence-electron chi connectivity index (χ1n) is 10.8. The minimum Gasteiger partial charge on any atom is -0.497 e. The predicted molar refractivity (Wildman–Crippen MR) is 123 cm³/mol. The van der Waals surface area contributed by atoms with Crippen LogP contribution in [0.4, 0.5) is 0 Å². The van der Waals surface area contributed by atoms with Gasteiger partial charge in [0.15, 0.2) is 11.5 Å². The van der Waals surface area contributed by atoms with E-state index >= 15 is 0 Å². The number of ether oxygens (including phenoxy) is 3. The zero-order valence-electron chi connectivity index (χ0n) is 18.7. The lowest BCUT2D eigenvalue weighted by molar-refractivity contribution is -0.127. The number of hydrogen-bond donors (Lipinski definition) is 0. The Labute approximate surface area is 185 Å². The summed E-state index contributed by atoms with van der Waals surface area (Å²) in [4.78, 5) is 16.9. The Balaban J connectivity index is 1.50. The Kier molecular flexibility index (Phi) is 8.35. The summed E-state index contributed by atoms with van der Waals surface area (Å²) >= 11 is 0. The van der Waals surface area contributed by atoms with Crippen LogP contribution in [-0.2, 0) is 11.3 Å². The number of amides is 1. The highest BCUT2D eigenvalue weighted by Gasteiger charge is 2.19. The third-order valence-corrected chi connectivity index (χ3v) is 5.32. The van der Waals surface area contributed by atoms with Gasteiger partial charge < -0.3 is 19.1 Å². The fraction of sp³-hybridized carbons (Fsp3) is 0.400. The van der Waals surface area contributed by atoms with Gasteiger partial charge in [-0.2, -0.15) is 0 Å². The standard InChI is InChI=1S/C25H32N2O4/c1-4-17-31-23-11-7-20(18-24(23)30-3)8-12-25(28)27-15-13-26(14-16-27)19-21-5-9-22(29-2)10-6-21/h5-12,18H,4,13-17,19H2,1-3H3/b12-8+. The Morgan fingerprint density at radius 2 is 1.71 bits per heavy atom. The summed E-state index contributed by atoms with van der Waals surface area (Å²) in [6.07, 6.45) is 4.41. The van der Waals surface area contributed by atoms with Crippen LogP contribution in [-0.4, -0.2) is 62.7 Å². The molecule has 1 heterocycles. The maximum Gasteiger partial charge on any atom is 0.246 e. The molecule has 6 nitrogen and oxygen atoms in total. The van der Waals surface area contributed by atoms with Crippen LogP contribution in [0.2, 0.25) is 0 Å². The molecule has 0 aromatic heterocycles. The quantitative estimate of drug-likeness (QED) is 0.573. The first kappa shape index (κ1) is 22.7. The van der Waals surface area contributed by atoms with Gasteiger partial charge in [-0.25, -0.2) is 0 Å². The molecule has 0 bridgehead atoms. The molecule has 1 amide bonds. The first-order valence-corrected chi connectivity index (χ1v) is 10.8. The molecule has 0 N–H and O–H groups in total. The second kappa shape index (κ2) is 11.4. The lowest BCUT2D eigenvalue weighted by atomic mass is 10.1. The maximum absolute atomic E-state index is 12.6. The van der Waals surface area contributed by atoms with Crippen LogP contribution < -0.4 is 14.2 Å². The lowest BCUT2D eigenvalue weighted by Gasteiger charge is -2.34. The number of carbonyl (C=O) groups excluding carboxylic acids is 1. The molecule has 0 radical (unpaired) electrons. The average molecular weight is 425 g/mol. The summed E-state index contributed by atoms with van der Waals surface area (Å²) in [6.45, 7) is 6.78. The van der Waals surface area contributed by atoms with Crippen molar-refractivity contribution in [1.82, 2.24) is 9.80 Å². The van der Waals surface area contributed by atoms with Crippen LogP contribution in [0.1, 0.15) is 24.5 Å². The first-order chi connectivity index (χ1) is 15.1. The van der Waals surface area contributed by atoms with Crippen LogP contribution in [0.25, 0.3) is 6.08 Å². The SMILES string of the molecule is CCCOc1ccc(/C=C/C(=O)N2CCN(Cc3ccc(OC)cc3)CC2)cc1OC. The van der Waals surface area contributed by atoms with E-state index in [0.717, 1.165) is 56.2 Å². The molecule has 0 spiro atoms. The van der Waals surface area contributed by atoms with Crippen molar-refractivity contribution in [1.29, 1.82) is 0 Å². The highest BCUT2D eigenvalue weighted by atomic mass is 16.5. The Morgan fingerprint density at radius 1 is 0.968 bits per heavy atom. The van der Waals surface area contributed by atoms with Gasteiger partial charge in [0.2, 0.25) is 5.91 Å². The van der Waals surface area contributed by atoms with Crippen molar-refractivity contribution in [2.75, 3.05) is 47.0 Å². The van der Waals surface area contributed by atoms with Crippen LogP contribution >= 0.6 is 0 Å². The lowest BCUT2D eigenvalue weighted by Crippen LogP contribution is -2.47. The van der Waals surface area contributed by atoms with E-state index in [4.69, 9.17) is 14.2 Å². The third-order valence-electron chi connectivity index (χ3n) is 5.32. The van der Waals surface area contributed by atoms with E-state index in [1.165, 1.54) is 5.56 Å². The Morgan fingerprint density at radius 3 is 2.35 bits per heavy atom. The molecular formula is C25H32N2O4. The third kappa shape index (κ3) is 6.49. The number of benzene rings is 2. The number of methoxy groups -OCH3 is 2. The summed E-state index contributed by atoms with van der Waals surface area (Å²) in [5, 5.41) is 0. The summed E-state index contributed by atoms with van der Waals surface area (Å²) < 4.78 is 16.3. The van der Waals surface area contributed by atoms with Gasteiger partial charge in [-0.3, -0.25) is 9.69 Å². The van der Waals surface area contributed by atoms with Crippen molar-refractivity contribution in [2.24, 2.45) is 0 Å². The van der Waals surface area contributed by atoms with E-state index in [9.17, 15) is 4.79 Å². The number of rotatable bonds is 9. The molecule has 0 saturated carbocycles. The van der Waals surface area contributed by atoms with Gasteiger partial charge in [0.25, 0.3) is 0 Å². The maximum atomic E-state index is 12.6. The molecule has 1 aliphatic heterocycles. The monoisotopic (exact) mass is 424 g/mol. The minimum atomic E-state index is 0.0365. The van der Waals surface area contributed by atoms with Gasteiger partial charge in [-0.1, -0.05) is 25.1 Å². The van der Waals surface area contributed by atoms with Crippen LogP contribution in [0.3, 0.4) is 0 Å². The van der Waals surface area contributed by atoms with Gasteiger partial charge in [0.1, 0.15) is 5.75 Å². The van der Waals surface area contributed by atoms with E-state index < -0.39 is 0 Å². The molecule has 0 aliphatic carbocycles. The van der Waals surface area contributed by atoms with E-state index in [0.29, 0.717) is 12.4 Å². The molecule has 31 heavy (non-hydrogen) atoms. The van der Waals surface area contributed by atoms with E-state index in [1.54, 1.807) is 20.3 Å². The number of hydrogen-bond acceptors (Lipinski definition) is 5. The molecule has 2 aromatic carbocycles. The highest BCUT2D eigenvalue weighted by Crippen LogP contribution is 2.28. The molecule has 0 unspecified atom stereocenters. The summed E-state index contributed by atoms with van der Waals surface area (Å²) in [5.41, 5.74) is 2.16. The molecule has 1 fully saturated rings. The summed E-state index contributed by atoms with van der Waals surface area (Å²) in [5.74, 6) is 2.30.